The van der Waals surface area contributed by atoms with E-state index in [1.54, 1.807) is 42.8 Å². The third kappa shape index (κ3) is 4.55. The van der Waals surface area contributed by atoms with Crippen LogP contribution in [0.3, 0.4) is 0 Å². The quantitative estimate of drug-likeness (QED) is 0.399. The minimum absolute atomic E-state index is 0.102. The Morgan fingerprint density at radius 1 is 0.800 bits per heavy atom. The molecule has 0 aromatic heterocycles. The standard InChI is InChI=1S/C19H15NO3S2/c1-23-15-8-12-17(13-9-15)25-19-5-3-2-4-18(19)24-16-10-6-14(7-11-16)20(21)22/h2-13H,1H3. The Bertz CT molecular complexity index is 865. The van der Waals surface area contributed by atoms with Crippen LogP contribution in [0.2, 0.25) is 0 Å². The molecule has 0 atom stereocenters. The van der Waals surface area contributed by atoms with E-state index in [0.717, 1.165) is 25.3 Å². The molecular weight excluding hydrogens is 354 g/mol. The molecule has 25 heavy (non-hydrogen) atoms. The summed E-state index contributed by atoms with van der Waals surface area (Å²) in [5, 5.41) is 10.8. The highest BCUT2D eigenvalue weighted by molar-refractivity contribution is 8.02. The maximum absolute atomic E-state index is 10.8. The van der Waals surface area contributed by atoms with Gasteiger partial charge in [0.05, 0.1) is 12.0 Å². The minimum Gasteiger partial charge on any atom is -0.497 e. The van der Waals surface area contributed by atoms with Crippen molar-refractivity contribution >= 4 is 29.2 Å². The maximum Gasteiger partial charge on any atom is 0.269 e. The maximum atomic E-state index is 10.8. The number of benzene rings is 3. The lowest BCUT2D eigenvalue weighted by Crippen LogP contribution is -1.86. The van der Waals surface area contributed by atoms with Crippen LogP contribution in [-0.4, -0.2) is 12.0 Å². The van der Waals surface area contributed by atoms with E-state index in [1.807, 2.05) is 36.4 Å². The average molecular weight is 369 g/mol. The fraction of sp³-hybridized carbons (Fsp3) is 0.0526. The van der Waals surface area contributed by atoms with E-state index >= 15 is 0 Å². The smallest absolute Gasteiger partial charge is 0.269 e. The summed E-state index contributed by atoms with van der Waals surface area (Å²) in [6, 6.07) is 22.7. The van der Waals surface area contributed by atoms with Crippen LogP contribution in [0.4, 0.5) is 5.69 Å². The van der Waals surface area contributed by atoms with Gasteiger partial charge in [0.25, 0.3) is 5.69 Å². The lowest BCUT2D eigenvalue weighted by atomic mass is 10.3. The Morgan fingerprint density at radius 3 is 1.72 bits per heavy atom. The van der Waals surface area contributed by atoms with Crippen molar-refractivity contribution in [3.05, 3.63) is 82.9 Å². The number of methoxy groups -OCH3 is 1. The molecule has 0 aliphatic heterocycles. The van der Waals surface area contributed by atoms with Crippen molar-refractivity contribution in [1.29, 1.82) is 0 Å². The molecule has 0 unspecified atom stereocenters. The van der Waals surface area contributed by atoms with E-state index in [9.17, 15) is 10.1 Å². The van der Waals surface area contributed by atoms with Crippen LogP contribution in [0.1, 0.15) is 0 Å². The van der Waals surface area contributed by atoms with E-state index in [-0.39, 0.29) is 10.6 Å². The molecule has 0 N–H and O–H groups in total. The van der Waals surface area contributed by atoms with Gasteiger partial charge in [-0.1, -0.05) is 35.7 Å². The fourth-order valence-electron chi connectivity index (χ4n) is 2.15. The first kappa shape index (κ1) is 17.4. The SMILES string of the molecule is COc1ccc(Sc2ccccc2Sc2ccc([N+](=O)[O-])cc2)cc1. The number of hydrogen-bond acceptors (Lipinski definition) is 5. The zero-order valence-corrected chi connectivity index (χ0v) is 15.0. The van der Waals surface area contributed by atoms with Crippen molar-refractivity contribution in [1.82, 2.24) is 0 Å². The zero-order valence-electron chi connectivity index (χ0n) is 13.4. The molecule has 0 aliphatic carbocycles. The van der Waals surface area contributed by atoms with Gasteiger partial charge < -0.3 is 4.74 Å². The predicted molar refractivity (Wildman–Crippen MR) is 101 cm³/mol. The number of hydrogen-bond donors (Lipinski definition) is 0. The van der Waals surface area contributed by atoms with E-state index < -0.39 is 0 Å². The summed E-state index contributed by atoms with van der Waals surface area (Å²) in [5.74, 6) is 0.831. The summed E-state index contributed by atoms with van der Waals surface area (Å²) in [4.78, 5) is 14.7. The Balaban J connectivity index is 1.79. The van der Waals surface area contributed by atoms with Gasteiger partial charge >= 0.3 is 0 Å². The monoisotopic (exact) mass is 369 g/mol. The molecule has 0 radical (unpaired) electrons. The molecule has 0 heterocycles. The molecule has 0 saturated carbocycles. The third-order valence-electron chi connectivity index (χ3n) is 3.41. The van der Waals surface area contributed by atoms with Crippen LogP contribution in [0.15, 0.2) is 92.4 Å². The number of nitro groups is 1. The van der Waals surface area contributed by atoms with Gasteiger partial charge in [-0.05, 0) is 48.5 Å². The summed E-state index contributed by atoms with van der Waals surface area (Å²) >= 11 is 3.27. The highest BCUT2D eigenvalue weighted by atomic mass is 32.2. The van der Waals surface area contributed by atoms with Crippen molar-refractivity contribution in [2.75, 3.05) is 7.11 Å². The number of rotatable bonds is 6. The zero-order chi connectivity index (χ0) is 17.6. The number of nitro benzene ring substituents is 1. The van der Waals surface area contributed by atoms with Gasteiger partial charge in [0.15, 0.2) is 0 Å². The van der Waals surface area contributed by atoms with Gasteiger partial charge in [0.2, 0.25) is 0 Å². The van der Waals surface area contributed by atoms with E-state index in [0.29, 0.717) is 0 Å². The first-order chi connectivity index (χ1) is 12.2. The first-order valence-corrected chi connectivity index (χ1v) is 9.12. The van der Waals surface area contributed by atoms with Crippen LogP contribution in [0.25, 0.3) is 0 Å². The van der Waals surface area contributed by atoms with Crippen LogP contribution in [0, 0.1) is 10.1 Å². The summed E-state index contributed by atoms with van der Waals surface area (Å²) in [5.41, 5.74) is 0.102. The lowest BCUT2D eigenvalue weighted by molar-refractivity contribution is -0.384. The Morgan fingerprint density at radius 2 is 1.28 bits per heavy atom. The van der Waals surface area contributed by atoms with Crippen LogP contribution >= 0.6 is 23.5 Å². The lowest BCUT2D eigenvalue weighted by Gasteiger charge is -2.09. The Labute approximate surface area is 154 Å². The summed E-state index contributed by atoms with van der Waals surface area (Å²) in [7, 11) is 1.65. The highest BCUT2D eigenvalue weighted by Gasteiger charge is 2.08. The molecule has 3 aromatic carbocycles. The molecule has 0 amide bonds. The van der Waals surface area contributed by atoms with Gasteiger partial charge in [-0.3, -0.25) is 10.1 Å². The molecule has 126 valence electrons. The molecule has 3 rings (SSSR count). The molecule has 0 bridgehead atoms. The van der Waals surface area contributed by atoms with Crippen molar-refractivity contribution in [3.8, 4) is 5.75 Å². The summed E-state index contributed by atoms with van der Waals surface area (Å²) < 4.78 is 5.19. The van der Waals surface area contributed by atoms with Gasteiger partial charge in [0.1, 0.15) is 5.75 Å². The van der Waals surface area contributed by atoms with Crippen molar-refractivity contribution in [3.63, 3.8) is 0 Å². The molecule has 6 heteroatoms. The average Bonchev–Trinajstić information content (AvgIpc) is 2.64. The Hall–Kier alpha value is -2.44. The largest absolute Gasteiger partial charge is 0.497 e. The van der Waals surface area contributed by atoms with Crippen molar-refractivity contribution in [2.45, 2.75) is 19.6 Å². The second-order valence-electron chi connectivity index (χ2n) is 5.08. The Kier molecular flexibility index (Phi) is 5.63. The van der Waals surface area contributed by atoms with E-state index in [4.69, 9.17) is 4.74 Å². The topological polar surface area (TPSA) is 52.4 Å². The van der Waals surface area contributed by atoms with Crippen LogP contribution in [-0.2, 0) is 0 Å². The minimum atomic E-state index is -0.387. The number of ether oxygens (including phenoxy) is 1. The van der Waals surface area contributed by atoms with Gasteiger partial charge in [-0.15, -0.1) is 0 Å². The van der Waals surface area contributed by atoms with Crippen LogP contribution in [0.5, 0.6) is 5.75 Å². The molecule has 0 spiro atoms. The third-order valence-corrected chi connectivity index (χ3v) is 5.71. The van der Waals surface area contributed by atoms with Crippen molar-refractivity contribution < 1.29 is 9.66 Å². The van der Waals surface area contributed by atoms with Gasteiger partial charge in [0, 0.05) is 31.7 Å². The fourth-order valence-corrected chi connectivity index (χ4v) is 4.09. The summed E-state index contributed by atoms with van der Waals surface area (Å²) in [6.07, 6.45) is 0. The number of non-ortho nitro benzene ring substituents is 1. The summed E-state index contributed by atoms with van der Waals surface area (Å²) in [6.45, 7) is 0. The highest BCUT2D eigenvalue weighted by Crippen LogP contribution is 2.39. The van der Waals surface area contributed by atoms with Gasteiger partial charge in [-0.2, -0.15) is 0 Å². The second-order valence-corrected chi connectivity index (χ2v) is 7.31. The van der Waals surface area contributed by atoms with Crippen LogP contribution < -0.4 is 4.74 Å². The van der Waals surface area contributed by atoms with Crippen molar-refractivity contribution in [2.24, 2.45) is 0 Å². The molecular formula is C19H15NO3S2. The molecule has 3 aromatic rings. The molecule has 0 fully saturated rings. The second kappa shape index (κ2) is 8.09. The van der Waals surface area contributed by atoms with E-state index in [2.05, 4.69) is 12.1 Å². The number of nitrogens with zero attached hydrogens (tertiary/aromatic N) is 1. The molecule has 4 nitrogen and oxygen atoms in total. The van der Waals surface area contributed by atoms with Gasteiger partial charge in [-0.25, -0.2) is 0 Å². The normalized spacial score (nSPS) is 10.4. The predicted octanol–water partition coefficient (Wildman–Crippen LogP) is 5.91. The first-order valence-electron chi connectivity index (χ1n) is 7.49. The molecule has 0 aliphatic rings. The van der Waals surface area contributed by atoms with E-state index in [1.165, 1.54) is 12.1 Å². The molecule has 0 saturated heterocycles.